The fourth-order valence-corrected chi connectivity index (χ4v) is 2.46. The third kappa shape index (κ3) is 5.22. The molecule has 7 heteroatoms. The molecule has 2 rings (SSSR count). The molecule has 24 heavy (non-hydrogen) atoms. The van der Waals surface area contributed by atoms with Gasteiger partial charge in [0, 0.05) is 38.8 Å². The zero-order valence-corrected chi connectivity index (χ0v) is 14.6. The number of aromatic nitrogens is 1. The van der Waals surface area contributed by atoms with Gasteiger partial charge in [0.05, 0.1) is 15.7 Å². The van der Waals surface area contributed by atoms with Crippen LogP contribution in [-0.2, 0) is 16.1 Å². The second-order valence-electron chi connectivity index (χ2n) is 5.20. The Kier molecular flexibility index (Phi) is 6.58. The second-order valence-corrected chi connectivity index (χ2v) is 5.99. The Hall–Kier alpha value is -2.11. The molecule has 0 aliphatic rings. The normalized spacial score (nSPS) is 10.3. The first-order chi connectivity index (χ1) is 11.5. The molecule has 0 bridgehead atoms. The zero-order valence-electron chi connectivity index (χ0n) is 13.1. The van der Waals surface area contributed by atoms with Gasteiger partial charge in [-0.1, -0.05) is 35.3 Å². The van der Waals surface area contributed by atoms with Crippen LogP contribution in [0, 0.1) is 0 Å². The second kappa shape index (κ2) is 8.66. The molecule has 1 aromatic heterocycles. The number of carbonyl (C=O) groups excluding carboxylic acids is 2. The number of halogens is 2. The maximum Gasteiger partial charge on any atom is 0.226 e. The molecule has 2 aromatic rings. The third-order valence-electron chi connectivity index (χ3n) is 3.38. The maximum absolute atomic E-state index is 12.1. The van der Waals surface area contributed by atoms with Crippen LogP contribution < -0.4 is 5.32 Å². The summed E-state index contributed by atoms with van der Waals surface area (Å²) in [4.78, 5) is 29.5. The predicted molar refractivity (Wildman–Crippen MR) is 95.0 cm³/mol. The smallest absolute Gasteiger partial charge is 0.226 e. The van der Waals surface area contributed by atoms with Crippen LogP contribution in [0.5, 0.6) is 0 Å². The number of anilines is 1. The number of carbonyl (C=O) groups is 2. The Morgan fingerprint density at radius 2 is 2.00 bits per heavy atom. The average molecular weight is 366 g/mol. The lowest BCUT2D eigenvalue weighted by Crippen LogP contribution is -2.31. The molecule has 0 aliphatic heterocycles. The molecule has 0 radical (unpaired) electrons. The number of rotatable bonds is 6. The van der Waals surface area contributed by atoms with E-state index in [0.717, 1.165) is 5.56 Å². The van der Waals surface area contributed by atoms with Gasteiger partial charge in [0.15, 0.2) is 0 Å². The van der Waals surface area contributed by atoms with E-state index in [1.165, 1.54) is 6.92 Å². The van der Waals surface area contributed by atoms with Crippen LogP contribution in [-0.4, -0.2) is 28.2 Å². The average Bonchev–Trinajstić information content (AvgIpc) is 2.56. The third-order valence-corrected chi connectivity index (χ3v) is 4.19. The number of nitrogens with zero attached hydrogens (tertiary/aromatic N) is 2. The van der Waals surface area contributed by atoms with E-state index in [9.17, 15) is 9.59 Å². The topological polar surface area (TPSA) is 62.3 Å². The SMILES string of the molecule is CC(=O)N(CCC(=O)Nc1cccc(Cl)c1Cl)Cc1cccnc1. The van der Waals surface area contributed by atoms with Gasteiger partial charge in [0.25, 0.3) is 0 Å². The van der Waals surface area contributed by atoms with E-state index < -0.39 is 0 Å². The number of nitrogens with one attached hydrogen (secondary N) is 1. The molecule has 2 amide bonds. The molecule has 126 valence electrons. The molecule has 0 fully saturated rings. The van der Waals surface area contributed by atoms with Crippen molar-refractivity contribution in [3.63, 3.8) is 0 Å². The summed E-state index contributed by atoms with van der Waals surface area (Å²) in [6.45, 7) is 2.19. The van der Waals surface area contributed by atoms with Crippen molar-refractivity contribution in [2.24, 2.45) is 0 Å². The lowest BCUT2D eigenvalue weighted by molar-refractivity contribution is -0.129. The van der Waals surface area contributed by atoms with Crippen molar-refractivity contribution < 1.29 is 9.59 Å². The van der Waals surface area contributed by atoms with Gasteiger partial charge < -0.3 is 10.2 Å². The summed E-state index contributed by atoms with van der Waals surface area (Å²) in [6.07, 6.45) is 3.52. The molecular formula is C17H17Cl2N3O2. The number of pyridine rings is 1. The van der Waals surface area contributed by atoms with Crippen molar-refractivity contribution in [2.45, 2.75) is 19.9 Å². The van der Waals surface area contributed by atoms with Crippen molar-refractivity contribution in [2.75, 3.05) is 11.9 Å². The molecule has 0 atom stereocenters. The van der Waals surface area contributed by atoms with E-state index in [1.807, 2.05) is 12.1 Å². The fraction of sp³-hybridized carbons (Fsp3) is 0.235. The van der Waals surface area contributed by atoms with Crippen molar-refractivity contribution in [1.82, 2.24) is 9.88 Å². The van der Waals surface area contributed by atoms with Gasteiger partial charge >= 0.3 is 0 Å². The molecule has 1 heterocycles. The van der Waals surface area contributed by atoms with Gasteiger partial charge in [-0.15, -0.1) is 0 Å². The summed E-state index contributed by atoms with van der Waals surface area (Å²) >= 11 is 12.0. The maximum atomic E-state index is 12.1. The van der Waals surface area contributed by atoms with E-state index in [2.05, 4.69) is 10.3 Å². The largest absolute Gasteiger partial charge is 0.338 e. The molecule has 1 N–H and O–H groups in total. The minimum Gasteiger partial charge on any atom is -0.338 e. The Balaban J connectivity index is 1.93. The van der Waals surface area contributed by atoms with Crippen LogP contribution in [0.1, 0.15) is 18.9 Å². The first kappa shape index (κ1) is 18.2. The summed E-state index contributed by atoms with van der Waals surface area (Å²) in [7, 11) is 0. The molecular weight excluding hydrogens is 349 g/mol. The van der Waals surface area contributed by atoms with E-state index in [1.54, 1.807) is 35.5 Å². The van der Waals surface area contributed by atoms with Crippen LogP contribution in [0.15, 0.2) is 42.7 Å². The number of benzene rings is 1. The van der Waals surface area contributed by atoms with Crippen molar-refractivity contribution in [3.05, 3.63) is 58.3 Å². The van der Waals surface area contributed by atoms with Gasteiger partial charge in [-0.25, -0.2) is 0 Å². The number of amides is 2. The lowest BCUT2D eigenvalue weighted by atomic mass is 10.2. The van der Waals surface area contributed by atoms with Crippen LogP contribution in [0.2, 0.25) is 10.0 Å². The lowest BCUT2D eigenvalue weighted by Gasteiger charge is -2.20. The monoisotopic (exact) mass is 365 g/mol. The van der Waals surface area contributed by atoms with E-state index in [-0.39, 0.29) is 18.2 Å². The van der Waals surface area contributed by atoms with Crippen molar-refractivity contribution in [1.29, 1.82) is 0 Å². The summed E-state index contributed by atoms with van der Waals surface area (Å²) in [5.74, 6) is -0.343. The summed E-state index contributed by atoms with van der Waals surface area (Å²) in [5.41, 5.74) is 1.36. The Morgan fingerprint density at radius 1 is 1.21 bits per heavy atom. The first-order valence-electron chi connectivity index (χ1n) is 7.35. The van der Waals surface area contributed by atoms with Crippen LogP contribution in [0.25, 0.3) is 0 Å². The van der Waals surface area contributed by atoms with Gasteiger partial charge in [-0.05, 0) is 23.8 Å². The van der Waals surface area contributed by atoms with Crippen molar-refractivity contribution >= 4 is 40.7 Å². The van der Waals surface area contributed by atoms with Crippen molar-refractivity contribution in [3.8, 4) is 0 Å². The quantitative estimate of drug-likeness (QED) is 0.847. The molecule has 0 saturated carbocycles. The van der Waals surface area contributed by atoms with E-state index in [4.69, 9.17) is 23.2 Å². The Labute approximate surface area is 150 Å². The standard InChI is InChI=1S/C17H17Cl2N3O2/c1-12(23)22(11-13-4-3-8-20-10-13)9-7-16(24)21-15-6-2-5-14(18)17(15)19/h2-6,8,10H,7,9,11H2,1H3,(H,21,24). The van der Waals surface area contributed by atoms with Gasteiger partial charge in [0.2, 0.25) is 11.8 Å². The Bertz CT molecular complexity index is 723. The highest BCUT2D eigenvalue weighted by Gasteiger charge is 2.13. The first-order valence-corrected chi connectivity index (χ1v) is 8.11. The highest BCUT2D eigenvalue weighted by atomic mass is 35.5. The number of hydrogen-bond donors (Lipinski definition) is 1. The summed E-state index contributed by atoms with van der Waals surface area (Å²) < 4.78 is 0. The fourth-order valence-electron chi connectivity index (χ4n) is 2.11. The minimum atomic E-state index is -0.239. The molecule has 5 nitrogen and oxygen atoms in total. The summed E-state index contributed by atoms with van der Waals surface area (Å²) in [6, 6.07) is 8.71. The van der Waals surface area contributed by atoms with Crippen LogP contribution in [0.3, 0.4) is 0 Å². The van der Waals surface area contributed by atoms with Crippen LogP contribution in [0.4, 0.5) is 5.69 Å². The number of hydrogen-bond acceptors (Lipinski definition) is 3. The van der Waals surface area contributed by atoms with Gasteiger partial charge in [-0.2, -0.15) is 0 Å². The highest BCUT2D eigenvalue weighted by molar-refractivity contribution is 6.43. The molecule has 0 unspecified atom stereocenters. The van der Waals surface area contributed by atoms with E-state index in [0.29, 0.717) is 28.8 Å². The van der Waals surface area contributed by atoms with Gasteiger partial charge in [-0.3, -0.25) is 14.6 Å². The predicted octanol–water partition coefficient (Wildman–Crippen LogP) is 3.77. The molecule has 0 saturated heterocycles. The van der Waals surface area contributed by atoms with Crippen LogP contribution >= 0.6 is 23.2 Å². The Morgan fingerprint density at radius 3 is 2.67 bits per heavy atom. The zero-order chi connectivity index (χ0) is 17.5. The molecule has 1 aromatic carbocycles. The molecule has 0 spiro atoms. The van der Waals surface area contributed by atoms with Gasteiger partial charge in [0.1, 0.15) is 0 Å². The molecule has 0 aliphatic carbocycles. The van der Waals surface area contributed by atoms with E-state index >= 15 is 0 Å². The minimum absolute atomic E-state index is 0.104. The highest BCUT2D eigenvalue weighted by Crippen LogP contribution is 2.29. The summed E-state index contributed by atoms with van der Waals surface area (Å²) in [5, 5.41) is 3.37.